The van der Waals surface area contributed by atoms with Crippen LogP contribution in [0.15, 0.2) is 10.9 Å². The number of aromatic amines is 1. The maximum absolute atomic E-state index is 11.4. The first kappa shape index (κ1) is 14.0. The van der Waals surface area contributed by atoms with Crippen molar-refractivity contribution in [1.82, 2.24) is 9.97 Å². The molecule has 17 heavy (non-hydrogen) atoms. The Morgan fingerprint density at radius 3 is 2.53 bits per heavy atom. The van der Waals surface area contributed by atoms with E-state index in [0.29, 0.717) is 0 Å². The van der Waals surface area contributed by atoms with Crippen LogP contribution in [0.5, 0.6) is 0 Å². The van der Waals surface area contributed by atoms with Crippen LogP contribution in [0.4, 0.5) is 0 Å². The van der Waals surface area contributed by atoms with Crippen molar-refractivity contribution in [2.75, 3.05) is 0 Å². The number of hydrogen-bond acceptors (Lipinski definition) is 3. The molecule has 0 radical (unpaired) electrons. The predicted octanol–water partition coefficient (Wildman–Crippen LogP) is 2.16. The third kappa shape index (κ3) is 4.03. The molecule has 0 atom stereocenters. The number of rotatable bonds is 2. The fraction of sp³-hybridized carbons (Fsp3) is 0.222. The van der Waals surface area contributed by atoms with Gasteiger partial charge in [0, 0.05) is 5.56 Å². The lowest BCUT2D eigenvalue weighted by Gasteiger charge is -2.03. The quantitative estimate of drug-likeness (QED) is 0.819. The fourth-order valence-electron chi connectivity index (χ4n) is 1.01. The number of aromatic nitrogens is 2. The zero-order chi connectivity index (χ0) is 13.2. The van der Waals surface area contributed by atoms with Gasteiger partial charge >= 0.3 is 5.97 Å². The number of alkyl halides is 3. The zero-order valence-electron chi connectivity index (χ0n) is 8.50. The number of carbonyl (C=O) groups is 1. The summed E-state index contributed by atoms with van der Waals surface area (Å²) < 4.78 is -1.65. The SMILES string of the molecule is Cc1c(C(=O)O)nc(C=CC(Cl)(Cl)Cl)[nH]c1=O. The Morgan fingerprint density at radius 2 is 2.06 bits per heavy atom. The Hall–Kier alpha value is -1.04. The lowest BCUT2D eigenvalue weighted by atomic mass is 10.2. The molecule has 1 rings (SSSR count). The molecule has 0 fully saturated rings. The second-order valence-corrected chi connectivity index (χ2v) is 5.47. The normalized spacial score (nSPS) is 12.0. The summed E-state index contributed by atoms with van der Waals surface area (Å²) in [5, 5.41) is 8.83. The highest BCUT2D eigenvalue weighted by molar-refractivity contribution is 6.69. The Bertz CT molecular complexity index is 531. The van der Waals surface area contributed by atoms with Crippen molar-refractivity contribution < 1.29 is 9.90 Å². The number of nitrogens with one attached hydrogen (secondary N) is 1. The lowest BCUT2D eigenvalue weighted by Crippen LogP contribution is -2.19. The number of hydrogen-bond donors (Lipinski definition) is 2. The van der Waals surface area contributed by atoms with Crippen LogP contribution in [0.1, 0.15) is 21.9 Å². The van der Waals surface area contributed by atoms with Crippen molar-refractivity contribution in [3.8, 4) is 0 Å². The van der Waals surface area contributed by atoms with Crippen LogP contribution in [0, 0.1) is 6.92 Å². The highest BCUT2D eigenvalue weighted by atomic mass is 35.6. The highest BCUT2D eigenvalue weighted by Crippen LogP contribution is 2.27. The van der Waals surface area contributed by atoms with Crippen molar-refractivity contribution in [2.45, 2.75) is 10.7 Å². The smallest absolute Gasteiger partial charge is 0.355 e. The number of carboxylic acid groups (broad SMARTS) is 1. The van der Waals surface area contributed by atoms with Crippen molar-refractivity contribution in [2.24, 2.45) is 0 Å². The molecule has 2 N–H and O–H groups in total. The summed E-state index contributed by atoms with van der Waals surface area (Å²) in [5.74, 6) is -1.29. The molecule has 0 saturated carbocycles. The average molecular weight is 298 g/mol. The summed E-state index contributed by atoms with van der Waals surface area (Å²) in [4.78, 5) is 28.3. The van der Waals surface area contributed by atoms with Gasteiger partial charge in [-0.15, -0.1) is 0 Å². The molecule has 5 nitrogen and oxygen atoms in total. The molecule has 0 unspecified atom stereocenters. The van der Waals surface area contributed by atoms with Crippen LogP contribution in [0.25, 0.3) is 6.08 Å². The van der Waals surface area contributed by atoms with Gasteiger partial charge in [0.2, 0.25) is 3.79 Å². The fourth-order valence-corrected chi connectivity index (χ4v) is 1.20. The molecule has 1 heterocycles. The second kappa shape index (κ2) is 5.08. The van der Waals surface area contributed by atoms with Crippen LogP contribution in [-0.2, 0) is 0 Å². The van der Waals surface area contributed by atoms with Crippen molar-refractivity contribution in [3.63, 3.8) is 0 Å². The first-order valence-corrected chi connectivity index (χ1v) is 5.44. The number of allylic oxidation sites excluding steroid dienone is 1. The molecule has 0 aromatic carbocycles. The third-order valence-electron chi connectivity index (χ3n) is 1.80. The van der Waals surface area contributed by atoms with Gasteiger partial charge in [0.25, 0.3) is 5.56 Å². The van der Waals surface area contributed by atoms with Gasteiger partial charge in [-0.1, -0.05) is 34.8 Å². The van der Waals surface area contributed by atoms with E-state index >= 15 is 0 Å². The predicted molar refractivity (Wildman–Crippen MR) is 65.9 cm³/mol. The summed E-state index contributed by atoms with van der Waals surface area (Å²) >= 11 is 16.4. The van der Waals surface area contributed by atoms with Gasteiger partial charge in [0.15, 0.2) is 5.69 Å². The first-order valence-electron chi connectivity index (χ1n) is 4.31. The van der Waals surface area contributed by atoms with E-state index in [4.69, 9.17) is 39.9 Å². The van der Waals surface area contributed by atoms with Gasteiger partial charge in [-0.25, -0.2) is 9.78 Å². The van der Waals surface area contributed by atoms with E-state index in [1.54, 1.807) is 0 Å². The summed E-state index contributed by atoms with van der Waals surface area (Å²) in [6.07, 6.45) is 2.37. The number of aromatic carboxylic acids is 1. The first-order chi connectivity index (χ1) is 7.70. The van der Waals surface area contributed by atoms with E-state index in [1.807, 2.05) is 0 Å². The van der Waals surface area contributed by atoms with Gasteiger partial charge in [-0.05, 0) is 19.1 Å². The van der Waals surface area contributed by atoms with E-state index in [2.05, 4.69) is 9.97 Å². The molecule has 0 bridgehead atoms. The summed E-state index contributed by atoms with van der Waals surface area (Å²) in [5.41, 5.74) is -0.873. The number of H-pyrrole nitrogens is 1. The molecule has 0 aliphatic carbocycles. The van der Waals surface area contributed by atoms with Crippen LogP contribution in [0.2, 0.25) is 0 Å². The molecule has 0 aliphatic heterocycles. The molecule has 0 saturated heterocycles. The minimum Gasteiger partial charge on any atom is -0.476 e. The van der Waals surface area contributed by atoms with Crippen LogP contribution >= 0.6 is 34.8 Å². The van der Waals surface area contributed by atoms with Gasteiger partial charge < -0.3 is 10.1 Å². The molecule has 1 aromatic rings. The molecule has 0 spiro atoms. The van der Waals surface area contributed by atoms with Crippen molar-refractivity contribution in [1.29, 1.82) is 0 Å². The van der Waals surface area contributed by atoms with E-state index in [1.165, 1.54) is 13.0 Å². The standard InChI is InChI=1S/C9H7Cl3N2O3/c1-4-6(8(16)17)13-5(14-7(4)15)2-3-9(10,11)12/h2-3H,1H3,(H,16,17)(H,13,14,15). The molecule has 1 aromatic heterocycles. The van der Waals surface area contributed by atoms with Gasteiger partial charge in [-0.3, -0.25) is 4.79 Å². The van der Waals surface area contributed by atoms with Crippen molar-refractivity contribution in [3.05, 3.63) is 33.5 Å². The topological polar surface area (TPSA) is 83.0 Å². The van der Waals surface area contributed by atoms with Gasteiger partial charge in [0.1, 0.15) is 5.82 Å². The summed E-state index contributed by atoms with van der Waals surface area (Å²) in [7, 11) is 0. The van der Waals surface area contributed by atoms with Crippen LogP contribution in [-0.4, -0.2) is 24.8 Å². The number of nitrogens with zero attached hydrogens (tertiary/aromatic N) is 1. The van der Waals surface area contributed by atoms with Gasteiger partial charge in [-0.2, -0.15) is 0 Å². The number of halogens is 3. The largest absolute Gasteiger partial charge is 0.476 e. The Kier molecular flexibility index (Phi) is 4.19. The average Bonchev–Trinajstić information content (AvgIpc) is 2.18. The molecule has 92 valence electrons. The Morgan fingerprint density at radius 1 is 1.47 bits per heavy atom. The maximum atomic E-state index is 11.4. The highest BCUT2D eigenvalue weighted by Gasteiger charge is 2.16. The Labute approximate surface area is 111 Å². The minimum absolute atomic E-state index is 0.00400. The van der Waals surface area contributed by atoms with E-state index in [0.717, 1.165) is 6.08 Å². The van der Waals surface area contributed by atoms with E-state index in [-0.39, 0.29) is 17.1 Å². The van der Waals surface area contributed by atoms with E-state index in [9.17, 15) is 9.59 Å². The molecular formula is C9H7Cl3N2O3. The zero-order valence-corrected chi connectivity index (χ0v) is 10.8. The van der Waals surface area contributed by atoms with Crippen LogP contribution < -0.4 is 5.56 Å². The monoisotopic (exact) mass is 296 g/mol. The summed E-state index contributed by atoms with van der Waals surface area (Å²) in [6, 6.07) is 0. The van der Waals surface area contributed by atoms with Crippen molar-refractivity contribution >= 4 is 46.8 Å². The van der Waals surface area contributed by atoms with Gasteiger partial charge in [0.05, 0.1) is 0 Å². The third-order valence-corrected chi connectivity index (χ3v) is 2.18. The maximum Gasteiger partial charge on any atom is 0.355 e. The summed E-state index contributed by atoms with van der Waals surface area (Å²) in [6.45, 7) is 1.36. The molecular weight excluding hydrogens is 290 g/mol. The second-order valence-electron chi connectivity index (χ2n) is 3.10. The Balaban J connectivity index is 3.25. The lowest BCUT2D eigenvalue weighted by molar-refractivity contribution is 0.0689. The molecule has 8 heteroatoms. The van der Waals surface area contributed by atoms with Crippen LogP contribution in [0.3, 0.4) is 0 Å². The molecule has 0 aliphatic rings. The number of carboxylic acids is 1. The minimum atomic E-state index is -1.65. The molecule has 0 amide bonds. The van der Waals surface area contributed by atoms with E-state index < -0.39 is 15.3 Å².